The molecule has 0 spiro atoms. The maximum absolute atomic E-state index is 11.3. The van der Waals surface area contributed by atoms with Crippen LogP contribution in [0.25, 0.3) is 0 Å². The van der Waals surface area contributed by atoms with Crippen molar-refractivity contribution in [3.63, 3.8) is 0 Å². The van der Waals surface area contributed by atoms with Crippen molar-refractivity contribution >= 4 is 5.97 Å². The van der Waals surface area contributed by atoms with Crippen molar-refractivity contribution in [3.05, 3.63) is 0 Å². The number of ether oxygens (including phenoxy) is 1. The summed E-state index contributed by atoms with van der Waals surface area (Å²) in [5.41, 5.74) is 0.0296. The molecule has 2 atom stereocenters. The highest BCUT2D eigenvalue weighted by Gasteiger charge is 2.72. The Morgan fingerprint density at radius 3 is 2.64 bits per heavy atom. The van der Waals surface area contributed by atoms with E-state index in [9.17, 15) is 4.79 Å². The Labute approximate surface area is 66.1 Å². The first-order chi connectivity index (χ1) is 5.15. The number of fused-ring (bicyclic) bond motifs is 1. The van der Waals surface area contributed by atoms with Gasteiger partial charge in [0.25, 0.3) is 0 Å². The molecule has 1 aliphatic carbocycles. The van der Waals surface area contributed by atoms with E-state index in [1.54, 1.807) is 0 Å². The van der Waals surface area contributed by atoms with Crippen molar-refractivity contribution in [1.82, 2.24) is 5.32 Å². The van der Waals surface area contributed by atoms with Crippen LogP contribution in [0.1, 0.15) is 13.3 Å². The predicted molar refractivity (Wildman–Crippen MR) is 40.0 cm³/mol. The quantitative estimate of drug-likeness (QED) is 0.548. The molecule has 2 aliphatic rings. The van der Waals surface area contributed by atoms with E-state index in [1.165, 1.54) is 7.11 Å². The molecule has 2 fully saturated rings. The average molecular weight is 155 g/mol. The molecule has 0 bridgehead atoms. The number of hydrogen-bond acceptors (Lipinski definition) is 3. The molecule has 11 heavy (non-hydrogen) atoms. The zero-order chi connectivity index (χ0) is 8.11. The standard InChI is InChI=1S/C8H13NO2/c1-7-3-8(7,5-9-4-7)6(10)11-2/h9H,3-5H2,1-2H3/t7-,8+/m0/s1. The number of methoxy groups -OCH3 is 1. The molecule has 1 N–H and O–H groups in total. The summed E-state index contributed by atoms with van der Waals surface area (Å²) < 4.78 is 4.77. The summed E-state index contributed by atoms with van der Waals surface area (Å²) in [7, 11) is 1.47. The van der Waals surface area contributed by atoms with E-state index >= 15 is 0 Å². The molecule has 1 heterocycles. The van der Waals surface area contributed by atoms with E-state index in [1.807, 2.05) is 0 Å². The van der Waals surface area contributed by atoms with E-state index in [4.69, 9.17) is 4.74 Å². The van der Waals surface area contributed by atoms with E-state index < -0.39 is 0 Å². The number of nitrogens with one attached hydrogen (secondary N) is 1. The minimum absolute atomic E-state index is 0.0370. The van der Waals surface area contributed by atoms with E-state index in [-0.39, 0.29) is 16.8 Å². The molecular weight excluding hydrogens is 142 g/mol. The van der Waals surface area contributed by atoms with Gasteiger partial charge in [-0.3, -0.25) is 4.79 Å². The highest BCUT2D eigenvalue weighted by molar-refractivity contribution is 5.82. The molecule has 0 aromatic heterocycles. The second-order valence-electron chi connectivity index (χ2n) is 3.91. The molecule has 3 nitrogen and oxygen atoms in total. The van der Waals surface area contributed by atoms with Crippen LogP contribution in [0.2, 0.25) is 0 Å². The first-order valence-corrected chi connectivity index (χ1v) is 3.94. The summed E-state index contributed by atoms with van der Waals surface area (Å²) in [6.45, 7) is 3.90. The largest absolute Gasteiger partial charge is 0.469 e. The lowest BCUT2D eigenvalue weighted by molar-refractivity contribution is -0.147. The van der Waals surface area contributed by atoms with Gasteiger partial charge in [0.2, 0.25) is 0 Å². The van der Waals surface area contributed by atoms with Gasteiger partial charge in [0.15, 0.2) is 0 Å². The Kier molecular flexibility index (Phi) is 1.15. The first kappa shape index (κ1) is 7.10. The molecule has 0 radical (unpaired) electrons. The number of esters is 1. The van der Waals surface area contributed by atoms with Crippen LogP contribution in [0.3, 0.4) is 0 Å². The zero-order valence-corrected chi connectivity index (χ0v) is 6.94. The third-order valence-electron chi connectivity index (χ3n) is 3.24. The summed E-state index contributed by atoms with van der Waals surface area (Å²) in [6.07, 6.45) is 1.000. The van der Waals surface area contributed by atoms with Crippen LogP contribution >= 0.6 is 0 Å². The minimum atomic E-state index is -0.165. The summed E-state index contributed by atoms with van der Waals surface area (Å²) in [4.78, 5) is 11.3. The highest BCUT2D eigenvalue weighted by atomic mass is 16.5. The fourth-order valence-corrected chi connectivity index (χ4v) is 2.27. The Hall–Kier alpha value is -0.570. The number of rotatable bonds is 1. The lowest BCUT2D eigenvalue weighted by atomic mass is 9.99. The van der Waals surface area contributed by atoms with Crippen LogP contribution in [-0.2, 0) is 9.53 Å². The maximum Gasteiger partial charge on any atom is 0.313 e. The summed E-state index contributed by atoms with van der Waals surface area (Å²) in [5.74, 6) is -0.0370. The fourth-order valence-electron chi connectivity index (χ4n) is 2.27. The van der Waals surface area contributed by atoms with Crippen LogP contribution in [0.5, 0.6) is 0 Å². The molecule has 0 aromatic carbocycles. The second-order valence-corrected chi connectivity index (χ2v) is 3.91. The third-order valence-corrected chi connectivity index (χ3v) is 3.24. The molecule has 3 heteroatoms. The van der Waals surface area contributed by atoms with Gasteiger partial charge in [-0.05, 0) is 11.8 Å². The van der Waals surface area contributed by atoms with Crippen LogP contribution in [0, 0.1) is 10.8 Å². The molecule has 1 saturated heterocycles. The molecule has 62 valence electrons. The monoisotopic (exact) mass is 155 g/mol. The zero-order valence-electron chi connectivity index (χ0n) is 6.94. The Morgan fingerprint density at radius 2 is 2.27 bits per heavy atom. The van der Waals surface area contributed by atoms with Crippen LogP contribution in [0.4, 0.5) is 0 Å². The van der Waals surface area contributed by atoms with Gasteiger partial charge in [-0.2, -0.15) is 0 Å². The van der Waals surface area contributed by atoms with Crippen molar-refractivity contribution in [2.45, 2.75) is 13.3 Å². The smallest absolute Gasteiger partial charge is 0.313 e. The van der Waals surface area contributed by atoms with Gasteiger partial charge >= 0.3 is 5.97 Å². The molecular formula is C8H13NO2. The van der Waals surface area contributed by atoms with Gasteiger partial charge in [0, 0.05) is 13.1 Å². The topological polar surface area (TPSA) is 38.3 Å². The van der Waals surface area contributed by atoms with Crippen molar-refractivity contribution in [1.29, 1.82) is 0 Å². The summed E-state index contributed by atoms with van der Waals surface area (Å²) in [6, 6.07) is 0. The predicted octanol–water partition coefficient (Wildman–Crippen LogP) is 0.159. The van der Waals surface area contributed by atoms with Crippen LogP contribution in [-0.4, -0.2) is 26.2 Å². The normalized spacial score (nSPS) is 46.7. The molecule has 1 saturated carbocycles. The van der Waals surface area contributed by atoms with Crippen molar-refractivity contribution < 1.29 is 9.53 Å². The molecule has 0 aromatic rings. The van der Waals surface area contributed by atoms with Crippen LogP contribution in [0.15, 0.2) is 0 Å². The van der Waals surface area contributed by atoms with Gasteiger partial charge < -0.3 is 10.1 Å². The van der Waals surface area contributed by atoms with Gasteiger partial charge in [-0.15, -0.1) is 0 Å². The van der Waals surface area contributed by atoms with Gasteiger partial charge in [-0.1, -0.05) is 6.92 Å². The molecule has 2 rings (SSSR count). The van der Waals surface area contributed by atoms with Crippen molar-refractivity contribution in [2.24, 2.45) is 10.8 Å². The molecule has 1 aliphatic heterocycles. The van der Waals surface area contributed by atoms with E-state index in [2.05, 4.69) is 12.2 Å². The average Bonchev–Trinajstić information content (AvgIpc) is 2.46. The Morgan fingerprint density at radius 1 is 1.55 bits per heavy atom. The first-order valence-electron chi connectivity index (χ1n) is 3.94. The minimum Gasteiger partial charge on any atom is -0.469 e. The fraction of sp³-hybridized carbons (Fsp3) is 0.875. The number of carbonyl (C=O) groups is 1. The Balaban J connectivity index is 2.20. The maximum atomic E-state index is 11.3. The van der Waals surface area contributed by atoms with Crippen molar-refractivity contribution in [3.8, 4) is 0 Å². The number of carbonyl (C=O) groups excluding carboxylic acids is 1. The lowest BCUT2D eigenvalue weighted by Crippen LogP contribution is -2.25. The summed E-state index contributed by atoms with van der Waals surface area (Å²) in [5, 5.41) is 3.22. The van der Waals surface area contributed by atoms with Gasteiger partial charge in [0.1, 0.15) is 0 Å². The third kappa shape index (κ3) is 0.644. The molecule has 0 amide bonds. The Bertz CT molecular complexity index is 212. The van der Waals surface area contributed by atoms with Gasteiger partial charge in [0.05, 0.1) is 12.5 Å². The SMILES string of the molecule is COC(=O)[C@@]12CNC[C@]1(C)C2. The number of piperidine rings is 1. The second kappa shape index (κ2) is 1.78. The van der Waals surface area contributed by atoms with Crippen LogP contribution < -0.4 is 5.32 Å². The van der Waals surface area contributed by atoms with Crippen molar-refractivity contribution in [2.75, 3.05) is 20.2 Å². The summed E-state index contributed by atoms with van der Waals surface area (Å²) >= 11 is 0. The van der Waals surface area contributed by atoms with E-state index in [0.29, 0.717) is 0 Å². The highest BCUT2D eigenvalue weighted by Crippen LogP contribution is 2.66. The van der Waals surface area contributed by atoms with Gasteiger partial charge in [-0.25, -0.2) is 0 Å². The lowest BCUT2D eigenvalue weighted by Gasteiger charge is -2.09. The number of hydrogen-bond donors (Lipinski definition) is 1. The van der Waals surface area contributed by atoms with E-state index in [0.717, 1.165) is 19.5 Å². The molecule has 0 unspecified atom stereocenters.